The number of nitro benzene ring substituents is 1. The third kappa shape index (κ3) is 4.11. The molecule has 2 atom stereocenters. The maximum Gasteiger partial charge on any atom is 0.312 e. The normalized spacial score (nSPS) is 18.7. The Kier molecular flexibility index (Phi) is 5.79. The van der Waals surface area contributed by atoms with Gasteiger partial charge in [0.1, 0.15) is 0 Å². The molecule has 0 saturated carbocycles. The Labute approximate surface area is 139 Å². The van der Waals surface area contributed by atoms with Crippen molar-refractivity contribution >= 4 is 23.2 Å². The molecule has 2 unspecified atom stereocenters. The van der Waals surface area contributed by atoms with Gasteiger partial charge in [0.15, 0.2) is 11.9 Å². The van der Waals surface area contributed by atoms with Crippen LogP contribution in [0.2, 0.25) is 5.02 Å². The van der Waals surface area contributed by atoms with E-state index in [0.717, 1.165) is 19.4 Å². The lowest BCUT2D eigenvalue weighted by atomic mass is 10.2. The number of nitro groups is 1. The molecule has 1 aliphatic heterocycles. The number of hydrogen-bond acceptors (Lipinski definition) is 5. The van der Waals surface area contributed by atoms with E-state index in [1.165, 1.54) is 18.2 Å². The molecule has 1 aromatic rings. The summed E-state index contributed by atoms with van der Waals surface area (Å²) < 4.78 is 5.55. The van der Waals surface area contributed by atoms with Gasteiger partial charge in [-0.2, -0.15) is 0 Å². The van der Waals surface area contributed by atoms with Crippen molar-refractivity contribution in [2.75, 3.05) is 20.1 Å². The predicted octanol–water partition coefficient (Wildman–Crippen LogP) is 2.23. The number of likely N-dealkylation sites (N-methyl/N-ethyl adjacent to an activating group) is 1. The highest BCUT2D eigenvalue weighted by Gasteiger charge is 2.32. The topological polar surface area (TPSA) is 84.7 Å². The van der Waals surface area contributed by atoms with Gasteiger partial charge in [0.25, 0.3) is 5.91 Å². The highest BCUT2D eigenvalue weighted by Crippen LogP contribution is 2.31. The second-order valence-corrected chi connectivity index (χ2v) is 5.95. The molecular formula is C15H20ClN3O4. The fourth-order valence-electron chi connectivity index (χ4n) is 2.78. The van der Waals surface area contributed by atoms with Crippen LogP contribution in [-0.4, -0.2) is 48.0 Å². The molecular weight excluding hydrogens is 322 g/mol. The minimum Gasteiger partial charge on any atom is -0.474 e. The highest BCUT2D eigenvalue weighted by molar-refractivity contribution is 6.30. The number of nitrogens with one attached hydrogen (secondary N) is 1. The van der Waals surface area contributed by atoms with Crippen molar-refractivity contribution in [2.24, 2.45) is 0 Å². The summed E-state index contributed by atoms with van der Waals surface area (Å²) >= 11 is 5.78. The molecule has 0 spiro atoms. The molecule has 1 aromatic carbocycles. The van der Waals surface area contributed by atoms with Gasteiger partial charge in [-0.15, -0.1) is 0 Å². The molecule has 0 bridgehead atoms. The Hall–Kier alpha value is -1.86. The number of ether oxygens (including phenoxy) is 1. The minimum absolute atomic E-state index is 0.0459. The summed E-state index contributed by atoms with van der Waals surface area (Å²) in [4.78, 5) is 24.9. The van der Waals surface area contributed by atoms with E-state index in [0.29, 0.717) is 6.54 Å². The number of benzene rings is 1. The van der Waals surface area contributed by atoms with Crippen molar-refractivity contribution in [1.29, 1.82) is 0 Å². The molecule has 0 radical (unpaired) electrons. The third-order valence-corrected chi connectivity index (χ3v) is 4.10. The number of carbonyl (C=O) groups excluding carboxylic acids is 1. The van der Waals surface area contributed by atoms with E-state index in [1.807, 2.05) is 7.05 Å². The van der Waals surface area contributed by atoms with Crippen LogP contribution in [0.4, 0.5) is 5.69 Å². The van der Waals surface area contributed by atoms with Crippen LogP contribution in [0, 0.1) is 10.1 Å². The molecule has 2 rings (SSSR count). The molecule has 0 aliphatic carbocycles. The molecule has 1 saturated heterocycles. The van der Waals surface area contributed by atoms with E-state index < -0.39 is 11.0 Å². The van der Waals surface area contributed by atoms with E-state index in [2.05, 4.69) is 5.32 Å². The molecule has 1 fully saturated rings. The number of carbonyl (C=O) groups is 1. The Balaban J connectivity index is 2.11. The van der Waals surface area contributed by atoms with Crippen molar-refractivity contribution in [3.05, 3.63) is 33.3 Å². The third-order valence-electron chi connectivity index (χ3n) is 3.87. The molecule has 23 heavy (non-hydrogen) atoms. The SMILES string of the molecule is CNCC1CCCN1C(=O)C(C)Oc1ccc(Cl)cc1[N+](=O)[O-]. The lowest BCUT2D eigenvalue weighted by molar-refractivity contribution is -0.386. The van der Waals surface area contributed by atoms with Gasteiger partial charge in [0.05, 0.1) is 4.92 Å². The van der Waals surface area contributed by atoms with Gasteiger partial charge >= 0.3 is 5.69 Å². The number of nitrogens with zero attached hydrogens (tertiary/aromatic N) is 2. The van der Waals surface area contributed by atoms with Crippen LogP contribution >= 0.6 is 11.6 Å². The van der Waals surface area contributed by atoms with E-state index in [9.17, 15) is 14.9 Å². The minimum atomic E-state index is -0.799. The van der Waals surface area contributed by atoms with Gasteiger partial charge in [-0.1, -0.05) is 11.6 Å². The largest absolute Gasteiger partial charge is 0.474 e. The Morgan fingerprint density at radius 2 is 2.35 bits per heavy atom. The molecule has 1 N–H and O–H groups in total. The zero-order valence-electron chi connectivity index (χ0n) is 13.1. The van der Waals surface area contributed by atoms with Crippen molar-refractivity contribution in [2.45, 2.75) is 31.9 Å². The maximum atomic E-state index is 12.6. The standard InChI is InChI=1S/C15H20ClN3O4/c1-10(15(20)18-7-3-4-12(18)9-17-2)23-14-6-5-11(16)8-13(14)19(21)22/h5-6,8,10,12,17H,3-4,7,9H2,1-2H3. The summed E-state index contributed by atoms with van der Waals surface area (Å²) in [6.07, 6.45) is 1.10. The molecule has 1 aliphatic rings. The first-order chi connectivity index (χ1) is 10.9. The number of likely N-dealkylation sites (tertiary alicyclic amines) is 1. The molecule has 8 heteroatoms. The first-order valence-corrected chi connectivity index (χ1v) is 7.87. The summed E-state index contributed by atoms with van der Waals surface area (Å²) in [6, 6.07) is 4.27. The van der Waals surface area contributed by atoms with E-state index >= 15 is 0 Å². The zero-order valence-corrected chi connectivity index (χ0v) is 13.9. The number of amides is 1. The van der Waals surface area contributed by atoms with E-state index in [-0.39, 0.29) is 28.4 Å². The summed E-state index contributed by atoms with van der Waals surface area (Å²) in [5, 5.41) is 14.4. The fourth-order valence-corrected chi connectivity index (χ4v) is 2.95. The van der Waals surface area contributed by atoms with Crippen LogP contribution in [0.1, 0.15) is 19.8 Å². The zero-order chi connectivity index (χ0) is 17.0. The number of rotatable bonds is 6. The fraction of sp³-hybridized carbons (Fsp3) is 0.533. The average Bonchev–Trinajstić information content (AvgIpc) is 2.96. The van der Waals surface area contributed by atoms with Crippen molar-refractivity contribution in [3.63, 3.8) is 0 Å². The van der Waals surface area contributed by atoms with Gasteiger partial charge < -0.3 is 15.0 Å². The number of hydrogen-bond donors (Lipinski definition) is 1. The van der Waals surface area contributed by atoms with Crippen LogP contribution in [0.15, 0.2) is 18.2 Å². The first-order valence-electron chi connectivity index (χ1n) is 7.49. The molecule has 126 valence electrons. The monoisotopic (exact) mass is 341 g/mol. The quantitative estimate of drug-likeness (QED) is 0.633. The second-order valence-electron chi connectivity index (χ2n) is 5.51. The molecule has 1 amide bonds. The van der Waals surface area contributed by atoms with E-state index in [1.54, 1.807) is 11.8 Å². The summed E-state index contributed by atoms with van der Waals surface area (Å²) in [6.45, 7) is 3.01. The summed E-state index contributed by atoms with van der Waals surface area (Å²) in [5.74, 6) is -0.114. The summed E-state index contributed by atoms with van der Waals surface area (Å²) in [7, 11) is 1.85. The van der Waals surface area contributed by atoms with Gasteiger partial charge in [0.2, 0.25) is 0 Å². The van der Waals surface area contributed by atoms with Gasteiger partial charge in [-0.3, -0.25) is 14.9 Å². The summed E-state index contributed by atoms with van der Waals surface area (Å²) in [5.41, 5.74) is -0.245. The number of halogens is 1. The van der Waals surface area contributed by atoms with Gasteiger partial charge in [-0.05, 0) is 38.9 Å². The molecule has 7 nitrogen and oxygen atoms in total. The van der Waals surface area contributed by atoms with Crippen LogP contribution < -0.4 is 10.1 Å². The molecule has 1 heterocycles. The van der Waals surface area contributed by atoms with Crippen molar-refractivity contribution in [3.8, 4) is 5.75 Å². The Morgan fingerprint density at radius 1 is 1.61 bits per heavy atom. The van der Waals surface area contributed by atoms with Crippen molar-refractivity contribution in [1.82, 2.24) is 10.2 Å². The van der Waals surface area contributed by atoms with Gasteiger partial charge in [0, 0.05) is 30.2 Å². The maximum absolute atomic E-state index is 12.6. The Morgan fingerprint density at radius 3 is 3.00 bits per heavy atom. The lowest BCUT2D eigenvalue weighted by Gasteiger charge is -2.27. The van der Waals surface area contributed by atoms with Crippen LogP contribution in [-0.2, 0) is 4.79 Å². The Bertz CT molecular complexity index is 596. The molecule has 0 aromatic heterocycles. The first kappa shape index (κ1) is 17.5. The highest BCUT2D eigenvalue weighted by atomic mass is 35.5. The van der Waals surface area contributed by atoms with Crippen LogP contribution in [0.5, 0.6) is 5.75 Å². The lowest BCUT2D eigenvalue weighted by Crippen LogP contribution is -2.46. The van der Waals surface area contributed by atoms with Crippen molar-refractivity contribution < 1.29 is 14.5 Å². The predicted molar refractivity (Wildman–Crippen MR) is 86.9 cm³/mol. The smallest absolute Gasteiger partial charge is 0.312 e. The van der Waals surface area contributed by atoms with E-state index in [4.69, 9.17) is 16.3 Å². The van der Waals surface area contributed by atoms with Crippen LogP contribution in [0.3, 0.4) is 0 Å². The van der Waals surface area contributed by atoms with Gasteiger partial charge in [-0.25, -0.2) is 0 Å². The van der Waals surface area contributed by atoms with Crippen LogP contribution in [0.25, 0.3) is 0 Å². The second kappa shape index (κ2) is 7.61. The average molecular weight is 342 g/mol.